The molecule has 1 heterocycles. The molecule has 1 fully saturated rings. The Morgan fingerprint density at radius 1 is 1.15 bits per heavy atom. The standard InChI is InChI=1S/C16H21N3O/c17-15(13-8-2-1-3-9-13)16-19-18-14(20-16)11-10-12-6-4-5-7-12/h1-3,8-9,12,15H,4-7,10-11,17H2. The zero-order chi connectivity index (χ0) is 13.8. The van der Waals surface area contributed by atoms with Crippen molar-refractivity contribution in [1.82, 2.24) is 10.2 Å². The van der Waals surface area contributed by atoms with Crippen LogP contribution in [-0.4, -0.2) is 10.2 Å². The van der Waals surface area contributed by atoms with E-state index in [1.807, 2.05) is 30.3 Å². The van der Waals surface area contributed by atoms with Gasteiger partial charge in [-0.05, 0) is 17.9 Å². The first-order chi connectivity index (χ1) is 9.83. The molecule has 1 aliphatic carbocycles. The predicted octanol–water partition coefficient (Wildman–Crippen LogP) is 3.24. The molecule has 1 atom stereocenters. The summed E-state index contributed by atoms with van der Waals surface area (Å²) in [5.41, 5.74) is 7.15. The molecule has 1 aromatic carbocycles. The third kappa shape index (κ3) is 3.07. The number of rotatable bonds is 5. The lowest BCUT2D eigenvalue weighted by Crippen LogP contribution is -2.11. The van der Waals surface area contributed by atoms with Crippen LogP contribution in [-0.2, 0) is 6.42 Å². The number of aromatic nitrogens is 2. The van der Waals surface area contributed by atoms with Crippen LogP contribution < -0.4 is 5.73 Å². The smallest absolute Gasteiger partial charge is 0.237 e. The number of hydrogen-bond acceptors (Lipinski definition) is 4. The molecule has 1 aromatic heterocycles. The van der Waals surface area contributed by atoms with E-state index < -0.39 is 0 Å². The number of nitrogens with two attached hydrogens (primary N) is 1. The van der Waals surface area contributed by atoms with Crippen LogP contribution in [0.25, 0.3) is 0 Å². The molecule has 2 aromatic rings. The molecule has 2 N–H and O–H groups in total. The fourth-order valence-electron chi connectivity index (χ4n) is 2.92. The summed E-state index contributed by atoms with van der Waals surface area (Å²) in [6.07, 6.45) is 7.48. The Bertz CT molecular complexity index is 532. The van der Waals surface area contributed by atoms with E-state index in [9.17, 15) is 0 Å². The summed E-state index contributed by atoms with van der Waals surface area (Å²) in [5.74, 6) is 2.07. The van der Waals surface area contributed by atoms with Crippen LogP contribution in [0.4, 0.5) is 0 Å². The second kappa shape index (κ2) is 6.18. The summed E-state index contributed by atoms with van der Waals surface area (Å²) in [4.78, 5) is 0. The fourth-order valence-corrected chi connectivity index (χ4v) is 2.92. The van der Waals surface area contributed by atoms with Gasteiger partial charge in [-0.15, -0.1) is 10.2 Å². The topological polar surface area (TPSA) is 64.9 Å². The molecule has 0 radical (unpaired) electrons. The zero-order valence-corrected chi connectivity index (χ0v) is 11.7. The van der Waals surface area contributed by atoms with E-state index in [0.29, 0.717) is 5.89 Å². The highest BCUT2D eigenvalue weighted by Crippen LogP contribution is 2.28. The van der Waals surface area contributed by atoms with Gasteiger partial charge in [-0.2, -0.15) is 0 Å². The van der Waals surface area contributed by atoms with E-state index in [1.165, 1.54) is 25.7 Å². The third-order valence-electron chi connectivity index (χ3n) is 4.15. The number of hydrogen-bond donors (Lipinski definition) is 1. The van der Waals surface area contributed by atoms with Crippen molar-refractivity contribution in [2.45, 2.75) is 44.6 Å². The van der Waals surface area contributed by atoms with Crippen LogP contribution in [0.3, 0.4) is 0 Å². The van der Waals surface area contributed by atoms with Crippen molar-refractivity contribution >= 4 is 0 Å². The van der Waals surface area contributed by atoms with Gasteiger partial charge in [-0.25, -0.2) is 0 Å². The first kappa shape index (κ1) is 13.3. The molecule has 4 nitrogen and oxygen atoms in total. The Balaban J connectivity index is 1.61. The minimum Gasteiger partial charge on any atom is -0.423 e. The van der Waals surface area contributed by atoms with E-state index in [0.717, 1.165) is 30.2 Å². The second-order valence-corrected chi connectivity index (χ2v) is 5.61. The Labute approximate surface area is 119 Å². The average molecular weight is 271 g/mol. The SMILES string of the molecule is NC(c1ccccc1)c1nnc(CCC2CCCC2)o1. The molecule has 0 bridgehead atoms. The second-order valence-electron chi connectivity index (χ2n) is 5.61. The van der Waals surface area contributed by atoms with Crippen LogP contribution in [0.15, 0.2) is 34.7 Å². The molecule has 0 amide bonds. The number of aryl methyl sites for hydroxylation is 1. The van der Waals surface area contributed by atoms with Gasteiger partial charge in [-0.3, -0.25) is 0 Å². The van der Waals surface area contributed by atoms with Crippen molar-refractivity contribution in [3.8, 4) is 0 Å². The number of nitrogens with zero attached hydrogens (tertiary/aromatic N) is 2. The van der Waals surface area contributed by atoms with E-state index >= 15 is 0 Å². The first-order valence-electron chi connectivity index (χ1n) is 7.46. The Kier molecular flexibility index (Phi) is 4.11. The van der Waals surface area contributed by atoms with Crippen molar-refractivity contribution in [3.63, 3.8) is 0 Å². The Hall–Kier alpha value is -1.68. The van der Waals surface area contributed by atoms with Gasteiger partial charge in [0.1, 0.15) is 6.04 Å². The maximum atomic E-state index is 6.15. The molecule has 106 valence electrons. The van der Waals surface area contributed by atoms with Crippen LogP contribution in [0.1, 0.15) is 55.5 Å². The van der Waals surface area contributed by atoms with E-state index in [2.05, 4.69) is 10.2 Å². The van der Waals surface area contributed by atoms with E-state index in [-0.39, 0.29) is 6.04 Å². The normalized spacial score (nSPS) is 17.4. The first-order valence-corrected chi connectivity index (χ1v) is 7.46. The molecule has 0 saturated heterocycles. The van der Waals surface area contributed by atoms with Crippen molar-refractivity contribution in [1.29, 1.82) is 0 Å². The van der Waals surface area contributed by atoms with Gasteiger partial charge in [0, 0.05) is 6.42 Å². The molecule has 0 aliphatic heterocycles. The number of benzene rings is 1. The van der Waals surface area contributed by atoms with E-state index in [4.69, 9.17) is 10.2 Å². The quantitative estimate of drug-likeness (QED) is 0.906. The van der Waals surface area contributed by atoms with Crippen LogP contribution in [0.5, 0.6) is 0 Å². The van der Waals surface area contributed by atoms with Gasteiger partial charge < -0.3 is 10.2 Å². The van der Waals surface area contributed by atoms with Crippen LogP contribution >= 0.6 is 0 Å². The predicted molar refractivity (Wildman–Crippen MR) is 77.0 cm³/mol. The van der Waals surface area contributed by atoms with Crippen molar-refractivity contribution in [2.75, 3.05) is 0 Å². The highest BCUT2D eigenvalue weighted by molar-refractivity contribution is 5.22. The summed E-state index contributed by atoms with van der Waals surface area (Å²) in [5, 5.41) is 8.22. The van der Waals surface area contributed by atoms with Gasteiger partial charge in [0.15, 0.2) is 0 Å². The molecular formula is C16H21N3O. The van der Waals surface area contributed by atoms with Gasteiger partial charge in [0.2, 0.25) is 11.8 Å². The van der Waals surface area contributed by atoms with Gasteiger partial charge in [0.05, 0.1) is 0 Å². The zero-order valence-electron chi connectivity index (χ0n) is 11.7. The summed E-state index contributed by atoms with van der Waals surface area (Å²) in [6, 6.07) is 9.53. The maximum absolute atomic E-state index is 6.15. The van der Waals surface area contributed by atoms with E-state index in [1.54, 1.807) is 0 Å². The highest BCUT2D eigenvalue weighted by atomic mass is 16.4. The van der Waals surface area contributed by atoms with Crippen molar-refractivity contribution < 1.29 is 4.42 Å². The molecule has 4 heteroatoms. The largest absolute Gasteiger partial charge is 0.423 e. The van der Waals surface area contributed by atoms with Gasteiger partial charge in [0.25, 0.3) is 0 Å². The van der Waals surface area contributed by atoms with Gasteiger partial charge in [-0.1, -0.05) is 56.0 Å². The lowest BCUT2D eigenvalue weighted by molar-refractivity contribution is 0.407. The van der Waals surface area contributed by atoms with Crippen LogP contribution in [0, 0.1) is 5.92 Å². The summed E-state index contributed by atoms with van der Waals surface area (Å²) >= 11 is 0. The molecule has 1 saturated carbocycles. The summed E-state index contributed by atoms with van der Waals surface area (Å²) < 4.78 is 5.71. The minimum absolute atomic E-state index is 0.330. The monoisotopic (exact) mass is 271 g/mol. The third-order valence-corrected chi connectivity index (χ3v) is 4.15. The lowest BCUT2D eigenvalue weighted by atomic mass is 10.0. The average Bonchev–Trinajstić information content (AvgIpc) is 3.17. The molecule has 0 spiro atoms. The van der Waals surface area contributed by atoms with Crippen molar-refractivity contribution in [2.24, 2.45) is 11.7 Å². The van der Waals surface area contributed by atoms with Crippen molar-refractivity contribution in [3.05, 3.63) is 47.7 Å². The Morgan fingerprint density at radius 2 is 1.90 bits per heavy atom. The summed E-state index contributed by atoms with van der Waals surface area (Å²) in [6.45, 7) is 0. The molecule has 1 aliphatic rings. The lowest BCUT2D eigenvalue weighted by Gasteiger charge is -2.07. The Morgan fingerprint density at radius 3 is 2.65 bits per heavy atom. The summed E-state index contributed by atoms with van der Waals surface area (Å²) in [7, 11) is 0. The van der Waals surface area contributed by atoms with Gasteiger partial charge >= 0.3 is 0 Å². The minimum atomic E-state index is -0.330. The molecule has 1 unspecified atom stereocenters. The molecular weight excluding hydrogens is 250 g/mol. The fraction of sp³-hybridized carbons (Fsp3) is 0.500. The highest BCUT2D eigenvalue weighted by Gasteiger charge is 2.18. The molecule has 3 rings (SSSR count). The maximum Gasteiger partial charge on any atom is 0.237 e. The van der Waals surface area contributed by atoms with Crippen LogP contribution in [0.2, 0.25) is 0 Å². The molecule has 20 heavy (non-hydrogen) atoms.